The van der Waals surface area contributed by atoms with E-state index in [9.17, 15) is 9.59 Å². The quantitative estimate of drug-likeness (QED) is 0.254. The van der Waals surface area contributed by atoms with Gasteiger partial charge in [0.05, 0.1) is 12.5 Å². The van der Waals surface area contributed by atoms with Crippen molar-refractivity contribution in [2.45, 2.75) is 44.4 Å². The van der Waals surface area contributed by atoms with Gasteiger partial charge in [-0.05, 0) is 53.1 Å². The number of hydrogen-bond donors (Lipinski definition) is 1. The molecule has 0 aliphatic heterocycles. The van der Waals surface area contributed by atoms with E-state index in [2.05, 4.69) is 66.8 Å². The summed E-state index contributed by atoms with van der Waals surface area (Å²) in [5.41, 5.74) is 6.90. The summed E-state index contributed by atoms with van der Waals surface area (Å²) in [6.07, 6.45) is 1.83. The molecule has 0 heterocycles. The fraction of sp³-hybridized carbons (Fsp3) is 0.212. The summed E-state index contributed by atoms with van der Waals surface area (Å²) in [7, 11) is 0. The second kappa shape index (κ2) is 13.1. The summed E-state index contributed by atoms with van der Waals surface area (Å²) in [4.78, 5) is 25.6. The highest BCUT2D eigenvalue weighted by Gasteiger charge is 2.20. The normalized spacial score (nSPS) is 12.5. The summed E-state index contributed by atoms with van der Waals surface area (Å²) < 4.78 is 0. The number of carbonyl (C=O) groups excluding carboxylic acids is 2. The Balaban J connectivity index is 1.27. The van der Waals surface area contributed by atoms with Crippen molar-refractivity contribution in [1.29, 1.82) is 0 Å². The summed E-state index contributed by atoms with van der Waals surface area (Å²) in [5.74, 6) is -0.133. The van der Waals surface area contributed by atoms with Crippen LogP contribution in [0.25, 0.3) is 11.1 Å². The van der Waals surface area contributed by atoms with Gasteiger partial charge in [0.15, 0.2) is 0 Å². The van der Waals surface area contributed by atoms with Crippen LogP contribution >= 0.6 is 11.8 Å². The molecule has 0 spiro atoms. The van der Waals surface area contributed by atoms with E-state index in [1.165, 1.54) is 34.0 Å². The summed E-state index contributed by atoms with van der Waals surface area (Å²) >= 11 is 1.30. The molecule has 4 rings (SSSR count). The van der Waals surface area contributed by atoms with E-state index in [-0.39, 0.29) is 22.7 Å². The predicted octanol–water partition coefficient (Wildman–Crippen LogP) is 6.88. The summed E-state index contributed by atoms with van der Waals surface area (Å²) in [6, 6.07) is 36.5. The molecule has 0 unspecified atom stereocenters. The van der Waals surface area contributed by atoms with Crippen molar-refractivity contribution in [3.63, 3.8) is 0 Å². The molecular weight excluding hydrogens is 474 g/mol. The molecule has 0 radical (unpaired) electrons. The first-order valence-corrected chi connectivity index (χ1v) is 13.6. The van der Waals surface area contributed by atoms with Crippen LogP contribution in [0, 0.1) is 0 Å². The zero-order valence-electron chi connectivity index (χ0n) is 21.4. The minimum absolute atomic E-state index is 0.0145. The first kappa shape index (κ1) is 26.4. The van der Waals surface area contributed by atoms with Crippen LogP contribution < -0.4 is 5.32 Å². The van der Waals surface area contributed by atoms with Gasteiger partial charge in [-0.15, -0.1) is 0 Å². The number of rotatable bonds is 10. The van der Waals surface area contributed by atoms with E-state index in [1.807, 2.05) is 54.6 Å². The van der Waals surface area contributed by atoms with Gasteiger partial charge in [0.2, 0.25) is 11.0 Å². The van der Waals surface area contributed by atoms with Crippen LogP contribution in [-0.4, -0.2) is 22.3 Å². The molecule has 0 aromatic heterocycles. The molecule has 4 aromatic rings. The van der Waals surface area contributed by atoms with E-state index in [0.29, 0.717) is 0 Å². The summed E-state index contributed by atoms with van der Waals surface area (Å²) in [5, 5.41) is 3.00. The third kappa shape index (κ3) is 7.93. The van der Waals surface area contributed by atoms with Crippen molar-refractivity contribution in [3.05, 3.63) is 131 Å². The van der Waals surface area contributed by atoms with Gasteiger partial charge in [-0.25, -0.2) is 0 Å². The van der Waals surface area contributed by atoms with Crippen molar-refractivity contribution >= 4 is 22.8 Å². The fourth-order valence-corrected chi connectivity index (χ4v) is 5.32. The number of hydrogen-bond acceptors (Lipinski definition) is 3. The second-order valence-corrected chi connectivity index (χ2v) is 10.9. The number of carbonyl (C=O) groups is 2. The Morgan fingerprint density at radius 2 is 1.24 bits per heavy atom. The summed E-state index contributed by atoms with van der Waals surface area (Å²) in [6.45, 7) is 3.83. The molecule has 0 bridgehead atoms. The number of benzene rings is 4. The van der Waals surface area contributed by atoms with Crippen molar-refractivity contribution < 1.29 is 9.59 Å². The predicted molar refractivity (Wildman–Crippen MR) is 155 cm³/mol. The maximum absolute atomic E-state index is 12.8. The molecule has 0 aliphatic carbocycles. The molecule has 1 amide bonds. The van der Waals surface area contributed by atoms with Crippen molar-refractivity contribution in [2.75, 3.05) is 0 Å². The lowest BCUT2D eigenvalue weighted by Crippen LogP contribution is -2.38. The van der Waals surface area contributed by atoms with Gasteiger partial charge < -0.3 is 5.32 Å². The van der Waals surface area contributed by atoms with Crippen LogP contribution in [-0.2, 0) is 28.9 Å². The van der Waals surface area contributed by atoms with Gasteiger partial charge in [-0.3, -0.25) is 9.59 Å². The second-order valence-electron chi connectivity index (χ2n) is 9.41. The van der Waals surface area contributed by atoms with Gasteiger partial charge in [-0.1, -0.05) is 128 Å². The van der Waals surface area contributed by atoms with Gasteiger partial charge >= 0.3 is 0 Å². The molecular formula is C33H33NO2S. The van der Waals surface area contributed by atoms with E-state index < -0.39 is 6.04 Å². The van der Waals surface area contributed by atoms with E-state index in [1.54, 1.807) is 6.92 Å². The third-order valence-electron chi connectivity index (χ3n) is 6.34. The Hall–Kier alpha value is -3.63. The first-order valence-electron chi connectivity index (χ1n) is 12.7. The number of thioether (sulfide) groups is 1. The lowest BCUT2D eigenvalue weighted by atomic mass is 9.97. The fourth-order valence-electron chi connectivity index (χ4n) is 4.38. The largest absolute Gasteiger partial charge is 0.345 e. The van der Waals surface area contributed by atoms with Gasteiger partial charge in [0, 0.05) is 5.25 Å². The average Bonchev–Trinajstić information content (AvgIpc) is 2.91. The van der Waals surface area contributed by atoms with Crippen molar-refractivity contribution in [3.8, 4) is 11.1 Å². The highest BCUT2D eigenvalue weighted by Crippen LogP contribution is 2.23. The lowest BCUT2D eigenvalue weighted by molar-refractivity contribution is -0.123. The molecule has 37 heavy (non-hydrogen) atoms. The van der Waals surface area contributed by atoms with Gasteiger partial charge in [0.1, 0.15) is 0 Å². The molecule has 0 aliphatic rings. The Morgan fingerprint density at radius 3 is 1.92 bits per heavy atom. The van der Waals surface area contributed by atoms with E-state index in [4.69, 9.17) is 0 Å². The maximum atomic E-state index is 12.8. The topological polar surface area (TPSA) is 46.2 Å². The highest BCUT2D eigenvalue weighted by molar-refractivity contribution is 8.14. The molecule has 4 heteroatoms. The average molecular weight is 508 g/mol. The zero-order chi connectivity index (χ0) is 26.0. The van der Waals surface area contributed by atoms with E-state index >= 15 is 0 Å². The standard InChI is InChI=1S/C33H33NO2S/c1-24(21-27-17-19-29(20-18-27)28-13-7-4-8-14-28)37-33(36)25(2)34-32(35)23-31-16-10-9-15-30(31)22-26-11-5-3-6-12-26/h3-20,24-25H,21-23H2,1-2H3,(H,34,35)/t24-,25+/m0/s1. The Bertz CT molecular complexity index is 1300. The van der Waals surface area contributed by atoms with Crippen LogP contribution in [0.3, 0.4) is 0 Å². The zero-order valence-corrected chi connectivity index (χ0v) is 22.2. The number of amides is 1. The van der Waals surface area contributed by atoms with Gasteiger partial charge in [-0.2, -0.15) is 0 Å². The molecule has 0 fully saturated rings. The maximum Gasteiger partial charge on any atom is 0.225 e. The molecule has 0 saturated carbocycles. The number of nitrogens with one attached hydrogen (secondary N) is 1. The third-order valence-corrected chi connectivity index (χ3v) is 7.49. The van der Waals surface area contributed by atoms with Crippen LogP contribution in [0.4, 0.5) is 0 Å². The van der Waals surface area contributed by atoms with Crippen LogP contribution in [0.1, 0.15) is 36.1 Å². The van der Waals surface area contributed by atoms with Crippen LogP contribution in [0.15, 0.2) is 109 Å². The molecule has 0 saturated heterocycles. The first-order chi connectivity index (χ1) is 18.0. The van der Waals surface area contributed by atoms with Crippen molar-refractivity contribution in [1.82, 2.24) is 5.32 Å². The smallest absolute Gasteiger partial charge is 0.225 e. The lowest BCUT2D eigenvalue weighted by Gasteiger charge is -2.17. The molecule has 1 N–H and O–H groups in total. The van der Waals surface area contributed by atoms with Crippen LogP contribution in [0.2, 0.25) is 0 Å². The Morgan fingerprint density at radius 1 is 0.676 bits per heavy atom. The Kier molecular flexibility index (Phi) is 9.34. The monoisotopic (exact) mass is 507 g/mol. The van der Waals surface area contributed by atoms with Crippen LogP contribution in [0.5, 0.6) is 0 Å². The van der Waals surface area contributed by atoms with E-state index in [0.717, 1.165) is 24.0 Å². The molecule has 2 atom stereocenters. The minimum atomic E-state index is -0.540. The molecule has 4 aromatic carbocycles. The highest BCUT2D eigenvalue weighted by atomic mass is 32.2. The van der Waals surface area contributed by atoms with Gasteiger partial charge in [0.25, 0.3) is 0 Å². The Labute approximate surface area is 224 Å². The SMILES string of the molecule is C[C@@H](Cc1ccc(-c2ccccc2)cc1)SC(=O)[C@@H](C)NC(=O)Cc1ccccc1Cc1ccccc1. The minimum Gasteiger partial charge on any atom is -0.345 e. The van der Waals surface area contributed by atoms with Crippen molar-refractivity contribution in [2.24, 2.45) is 0 Å². The molecule has 3 nitrogen and oxygen atoms in total. The molecule has 188 valence electrons.